The van der Waals surface area contributed by atoms with Crippen molar-refractivity contribution >= 4 is 28.3 Å². The van der Waals surface area contributed by atoms with Crippen molar-refractivity contribution in [1.29, 1.82) is 0 Å². The van der Waals surface area contributed by atoms with E-state index in [0.29, 0.717) is 5.91 Å². The standard InChI is InChI=1S/C25H33N3O2/c1-19(24(29)26-23-11-10-20-8-4-5-9-22(20)18-23)27-16-12-21(13-17-27)25(30)28-14-6-2-3-7-15-28/h4-5,8-11,18-19,21H,2-3,6-7,12-17H2,1H3,(H,26,29). The van der Waals surface area contributed by atoms with Crippen LogP contribution in [0.3, 0.4) is 0 Å². The monoisotopic (exact) mass is 407 g/mol. The number of carbonyl (C=O) groups excluding carboxylic acids is 2. The first-order chi connectivity index (χ1) is 14.6. The van der Waals surface area contributed by atoms with E-state index in [4.69, 9.17) is 0 Å². The molecule has 2 aromatic carbocycles. The second-order valence-corrected chi connectivity index (χ2v) is 8.78. The summed E-state index contributed by atoms with van der Waals surface area (Å²) in [6.45, 7) is 5.41. The Labute approximate surface area is 179 Å². The summed E-state index contributed by atoms with van der Waals surface area (Å²) < 4.78 is 0. The van der Waals surface area contributed by atoms with Crippen LogP contribution in [-0.2, 0) is 9.59 Å². The van der Waals surface area contributed by atoms with Gasteiger partial charge in [0.15, 0.2) is 0 Å². The number of amides is 2. The summed E-state index contributed by atoms with van der Waals surface area (Å²) in [6, 6.07) is 14.0. The number of carbonyl (C=O) groups is 2. The van der Waals surface area contributed by atoms with Gasteiger partial charge in [0.1, 0.15) is 0 Å². The number of hydrogen-bond donors (Lipinski definition) is 1. The molecule has 4 rings (SSSR count). The second kappa shape index (κ2) is 9.61. The molecule has 2 amide bonds. The molecular formula is C25H33N3O2. The van der Waals surface area contributed by atoms with Crippen molar-refractivity contribution in [2.75, 3.05) is 31.5 Å². The summed E-state index contributed by atoms with van der Waals surface area (Å²) >= 11 is 0. The summed E-state index contributed by atoms with van der Waals surface area (Å²) in [5, 5.41) is 5.36. The second-order valence-electron chi connectivity index (χ2n) is 8.78. The molecule has 0 aliphatic carbocycles. The van der Waals surface area contributed by atoms with Gasteiger partial charge in [-0.1, -0.05) is 43.2 Å². The maximum Gasteiger partial charge on any atom is 0.241 e. The van der Waals surface area contributed by atoms with E-state index < -0.39 is 0 Å². The van der Waals surface area contributed by atoms with Gasteiger partial charge in [-0.15, -0.1) is 0 Å². The summed E-state index contributed by atoms with van der Waals surface area (Å²) in [5.41, 5.74) is 0.830. The third-order valence-electron chi connectivity index (χ3n) is 6.74. The zero-order chi connectivity index (χ0) is 20.9. The first-order valence-corrected chi connectivity index (χ1v) is 11.4. The smallest absolute Gasteiger partial charge is 0.241 e. The number of piperidine rings is 1. The Hall–Kier alpha value is -2.40. The fraction of sp³-hybridized carbons (Fsp3) is 0.520. The highest BCUT2D eigenvalue weighted by atomic mass is 16.2. The fourth-order valence-electron chi connectivity index (χ4n) is 4.76. The molecule has 1 N–H and O–H groups in total. The van der Waals surface area contributed by atoms with Crippen molar-refractivity contribution in [3.63, 3.8) is 0 Å². The molecule has 0 spiro atoms. The molecule has 2 fully saturated rings. The van der Waals surface area contributed by atoms with Crippen LogP contribution in [0.15, 0.2) is 42.5 Å². The zero-order valence-corrected chi connectivity index (χ0v) is 18.0. The van der Waals surface area contributed by atoms with E-state index in [2.05, 4.69) is 27.2 Å². The highest BCUT2D eigenvalue weighted by molar-refractivity contribution is 5.97. The molecule has 2 saturated heterocycles. The van der Waals surface area contributed by atoms with Crippen LogP contribution in [0.2, 0.25) is 0 Å². The van der Waals surface area contributed by atoms with E-state index in [1.807, 2.05) is 37.3 Å². The first-order valence-electron chi connectivity index (χ1n) is 11.4. The van der Waals surface area contributed by atoms with Crippen molar-refractivity contribution in [3.8, 4) is 0 Å². The SMILES string of the molecule is CC(C(=O)Nc1ccc2ccccc2c1)N1CCC(C(=O)N2CCCCCC2)CC1. The molecule has 2 heterocycles. The zero-order valence-electron chi connectivity index (χ0n) is 18.0. The van der Waals surface area contributed by atoms with Gasteiger partial charge in [-0.05, 0) is 68.6 Å². The minimum atomic E-state index is -0.203. The maximum absolute atomic E-state index is 12.9. The molecule has 5 nitrogen and oxygen atoms in total. The van der Waals surface area contributed by atoms with E-state index in [1.54, 1.807) is 0 Å². The van der Waals surface area contributed by atoms with Crippen LogP contribution in [0.5, 0.6) is 0 Å². The lowest BCUT2D eigenvalue weighted by Gasteiger charge is -2.36. The molecule has 0 bridgehead atoms. The Morgan fingerprint density at radius 2 is 1.57 bits per heavy atom. The highest BCUT2D eigenvalue weighted by Crippen LogP contribution is 2.24. The Morgan fingerprint density at radius 3 is 2.27 bits per heavy atom. The number of hydrogen-bond acceptors (Lipinski definition) is 3. The van der Waals surface area contributed by atoms with Crippen LogP contribution >= 0.6 is 0 Å². The van der Waals surface area contributed by atoms with E-state index in [0.717, 1.165) is 62.9 Å². The van der Waals surface area contributed by atoms with E-state index >= 15 is 0 Å². The Morgan fingerprint density at radius 1 is 0.900 bits per heavy atom. The normalized spacial score (nSPS) is 20.0. The average Bonchev–Trinajstić information content (AvgIpc) is 3.08. The van der Waals surface area contributed by atoms with Crippen LogP contribution < -0.4 is 5.32 Å². The molecule has 30 heavy (non-hydrogen) atoms. The molecule has 0 radical (unpaired) electrons. The number of fused-ring (bicyclic) bond motifs is 1. The third kappa shape index (κ3) is 4.84. The van der Waals surface area contributed by atoms with Crippen molar-refractivity contribution in [1.82, 2.24) is 9.80 Å². The lowest BCUT2D eigenvalue weighted by Crippen LogP contribution is -2.48. The average molecular weight is 408 g/mol. The maximum atomic E-state index is 12.9. The van der Waals surface area contributed by atoms with Crippen molar-refractivity contribution in [2.24, 2.45) is 5.92 Å². The van der Waals surface area contributed by atoms with Gasteiger partial charge in [-0.3, -0.25) is 14.5 Å². The molecule has 2 aromatic rings. The molecule has 0 aromatic heterocycles. The predicted octanol–water partition coefficient (Wildman–Crippen LogP) is 4.28. The third-order valence-corrected chi connectivity index (χ3v) is 6.74. The minimum Gasteiger partial charge on any atom is -0.342 e. The van der Waals surface area contributed by atoms with E-state index in [-0.39, 0.29) is 17.9 Å². The summed E-state index contributed by atoms with van der Waals surface area (Å²) in [6.07, 6.45) is 6.46. The number of nitrogens with one attached hydrogen (secondary N) is 1. The first kappa shape index (κ1) is 20.9. The van der Waals surface area contributed by atoms with Gasteiger partial charge in [-0.2, -0.15) is 0 Å². The molecule has 0 saturated carbocycles. The van der Waals surface area contributed by atoms with Gasteiger partial charge < -0.3 is 10.2 Å². The number of likely N-dealkylation sites (tertiary alicyclic amines) is 2. The van der Waals surface area contributed by atoms with E-state index in [9.17, 15) is 9.59 Å². The summed E-state index contributed by atoms with van der Waals surface area (Å²) in [5.74, 6) is 0.475. The number of benzene rings is 2. The van der Waals surface area contributed by atoms with Gasteiger partial charge in [0.25, 0.3) is 0 Å². The van der Waals surface area contributed by atoms with Gasteiger partial charge in [-0.25, -0.2) is 0 Å². The fourth-order valence-corrected chi connectivity index (χ4v) is 4.76. The Bertz CT molecular complexity index is 881. The lowest BCUT2D eigenvalue weighted by molar-refractivity contribution is -0.137. The van der Waals surface area contributed by atoms with Crippen LogP contribution in [-0.4, -0.2) is 53.8 Å². The molecule has 160 valence electrons. The van der Waals surface area contributed by atoms with E-state index in [1.165, 1.54) is 18.2 Å². The molecular weight excluding hydrogens is 374 g/mol. The number of anilines is 1. The van der Waals surface area contributed by atoms with Crippen molar-refractivity contribution in [2.45, 2.75) is 51.5 Å². The van der Waals surface area contributed by atoms with Gasteiger partial charge in [0.2, 0.25) is 11.8 Å². The van der Waals surface area contributed by atoms with Gasteiger partial charge in [0.05, 0.1) is 6.04 Å². The van der Waals surface area contributed by atoms with Crippen molar-refractivity contribution in [3.05, 3.63) is 42.5 Å². The highest BCUT2D eigenvalue weighted by Gasteiger charge is 2.32. The summed E-state index contributed by atoms with van der Waals surface area (Å²) in [4.78, 5) is 30.0. The minimum absolute atomic E-state index is 0.0163. The number of nitrogens with zero attached hydrogens (tertiary/aromatic N) is 2. The molecule has 2 aliphatic rings. The molecule has 1 unspecified atom stereocenters. The molecule has 2 aliphatic heterocycles. The Kier molecular flexibility index (Phi) is 6.68. The largest absolute Gasteiger partial charge is 0.342 e. The van der Waals surface area contributed by atoms with Crippen LogP contribution in [0.1, 0.15) is 45.4 Å². The van der Waals surface area contributed by atoms with Crippen molar-refractivity contribution < 1.29 is 9.59 Å². The van der Waals surface area contributed by atoms with Crippen LogP contribution in [0, 0.1) is 5.92 Å². The Balaban J connectivity index is 1.30. The quantitative estimate of drug-likeness (QED) is 0.823. The van der Waals surface area contributed by atoms with Gasteiger partial charge >= 0.3 is 0 Å². The van der Waals surface area contributed by atoms with Crippen LogP contribution in [0.4, 0.5) is 5.69 Å². The number of rotatable bonds is 4. The predicted molar refractivity (Wildman–Crippen MR) is 121 cm³/mol. The lowest BCUT2D eigenvalue weighted by atomic mass is 9.94. The topological polar surface area (TPSA) is 52.7 Å². The molecule has 5 heteroatoms. The molecule has 1 atom stereocenters. The van der Waals surface area contributed by atoms with Crippen LogP contribution in [0.25, 0.3) is 10.8 Å². The van der Waals surface area contributed by atoms with Gasteiger partial charge in [0, 0.05) is 24.7 Å². The summed E-state index contributed by atoms with van der Waals surface area (Å²) in [7, 11) is 0.